The zero-order valence-electron chi connectivity index (χ0n) is 17.0. The summed E-state index contributed by atoms with van der Waals surface area (Å²) in [5.41, 5.74) is 3.97. The van der Waals surface area contributed by atoms with Gasteiger partial charge in [0.05, 0.1) is 10.6 Å². The summed E-state index contributed by atoms with van der Waals surface area (Å²) in [6.07, 6.45) is 2.21. The van der Waals surface area contributed by atoms with Crippen molar-refractivity contribution in [3.8, 4) is 0 Å². The first-order valence-electron chi connectivity index (χ1n) is 9.99. The quantitative estimate of drug-likeness (QED) is 0.397. The number of fused-ring (bicyclic) bond motifs is 1. The van der Waals surface area contributed by atoms with Crippen LogP contribution < -0.4 is 10.6 Å². The first-order valence-corrected chi connectivity index (χ1v) is 10.4. The van der Waals surface area contributed by atoms with E-state index in [9.17, 15) is 9.59 Å². The Hall–Kier alpha value is -3.57. The lowest BCUT2D eigenvalue weighted by atomic mass is 10.0. The molecule has 2 amide bonds. The van der Waals surface area contributed by atoms with Gasteiger partial charge in [-0.2, -0.15) is 0 Å². The van der Waals surface area contributed by atoms with Crippen molar-refractivity contribution in [2.24, 2.45) is 0 Å². The van der Waals surface area contributed by atoms with E-state index in [1.807, 2.05) is 61.7 Å². The Kier molecular flexibility index (Phi) is 6.05. The lowest BCUT2D eigenvalue weighted by Crippen LogP contribution is -2.45. The van der Waals surface area contributed by atoms with E-state index in [-0.39, 0.29) is 5.91 Å². The molecule has 4 aromatic rings. The van der Waals surface area contributed by atoms with Gasteiger partial charge in [-0.3, -0.25) is 9.59 Å². The van der Waals surface area contributed by atoms with Crippen LogP contribution in [-0.4, -0.2) is 22.8 Å². The molecule has 3 N–H and O–H groups in total. The average molecular weight is 432 g/mol. The molecule has 0 fully saturated rings. The molecule has 0 aliphatic rings. The summed E-state index contributed by atoms with van der Waals surface area (Å²) < 4.78 is 0. The standard InChI is InChI=1S/C25H22ClN3O2/c1-16-7-6-8-18(13-16)28-25(31)23(29-24(30)20-10-2-4-11-21(20)26)14-17-15-27-22-12-5-3-9-19(17)22/h2-13,15,23,27H,14H2,1H3,(H,28,31)(H,29,30). The van der Waals surface area contributed by atoms with Gasteiger partial charge in [-0.1, -0.05) is 54.1 Å². The van der Waals surface area contributed by atoms with Crippen LogP contribution in [0.4, 0.5) is 5.69 Å². The zero-order chi connectivity index (χ0) is 21.8. The minimum absolute atomic E-state index is 0.295. The summed E-state index contributed by atoms with van der Waals surface area (Å²) in [4.78, 5) is 29.3. The number of aryl methyl sites for hydroxylation is 1. The minimum atomic E-state index is -0.788. The van der Waals surface area contributed by atoms with Gasteiger partial charge in [0.2, 0.25) is 5.91 Å². The van der Waals surface area contributed by atoms with E-state index in [0.29, 0.717) is 22.7 Å². The van der Waals surface area contributed by atoms with E-state index >= 15 is 0 Å². The third-order valence-corrected chi connectivity index (χ3v) is 5.45. The van der Waals surface area contributed by atoms with E-state index in [0.717, 1.165) is 22.0 Å². The second-order valence-corrected chi connectivity index (χ2v) is 7.84. The number of halogens is 1. The average Bonchev–Trinajstić information content (AvgIpc) is 3.16. The summed E-state index contributed by atoms with van der Waals surface area (Å²) in [7, 11) is 0. The smallest absolute Gasteiger partial charge is 0.253 e. The zero-order valence-corrected chi connectivity index (χ0v) is 17.7. The number of aromatic amines is 1. The molecule has 1 atom stereocenters. The van der Waals surface area contributed by atoms with E-state index in [2.05, 4.69) is 15.6 Å². The number of benzene rings is 3. The third-order valence-electron chi connectivity index (χ3n) is 5.12. The van der Waals surface area contributed by atoms with Crippen molar-refractivity contribution in [1.29, 1.82) is 0 Å². The Balaban J connectivity index is 1.61. The summed E-state index contributed by atoms with van der Waals surface area (Å²) in [6, 6.07) is 21.4. The van der Waals surface area contributed by atoms with Crippen molar-refractivity contribution in [2.75, 3.05) is 5.32 Å². The molecule has 0 saturated carbocycles. The molecule has 1 aromatic heterocycles. The van der Waals surface area contributed by atoms with Crippen LogP contribution in [0.5, 0.6) is 0 Å². The number of anilines is 1. The van der Waals surface area contributed by atoms with Crippen LogP contribution in [0, 0.1) is 6.92 Å². The van der Waals surface area contributed by atoms with Gasteiger partial charge in [0, 0.05) is 29.2 Å². The van der Waals surface area contributed by atoms with Crippen molar-refractivity contribution in [3.63, 3.8) is 0 Å². The number of hydrogen-bond donors (Lipinski definition) is 3. The Morgan fingerprint density at radius 2 is 1.77 bits per heavy atom. The number of H-pyrrole nitrogens is 1. The van der Waals surface area contributed by atoms with Gasteiger partial charge in [0.25, 0.3) is 5.91 Å². The number of rotatable bonds is 6. The number of para-hydroxylation sites is 1. The van der Waals surface area contributed by atoms with Crippen molar-refractivity contribution in [1.82, 2.24) is 10.3 Å². The first-order chi connectivity index (χ1) is 15.0. The topological polar surface area (TPSA) is 74.0 Å². The Morgan fingerprint density at radius 3 is 2.58 bits per heavy atom. The minimum Gasteiger partial charge on any atom is -0.361 e. The highest BCUT2D eigenvalue weighted by Crippen LogP contribution is 2.21. The first kappa shape index (κ1) is 20.7. The van der Waals surface area contributed by atoms with Crippen molar-refractivity contribution < 1.29 is 9.59 Å². The lowest BCUT2D eigenvalue weighted by Gasteiger charge is -2.19. The number of nitrogens with one attached hydrogen (secondary N) is 3. The van der Waals surface area contributed by atoms with Crippen LogP contribution in [0.25, 0.3) is 10.9 Å². The molecule has 6 heteroatoms. The molecule has 5 nitrogen and oxygen atoms in total. The molecular weight excluding hydrogens is 410 g/mol. The van der Waals surface area contributed by atoms with Gasteiger partial charge in [-0.05, 0) is 48.4 Å². The van der Waals surface area contributed by atoms with Crippen LogP contribution in [0.3, 0.4) is 0 Å². The predicted octanol–water partition coefficient (Wildman–Crippen LogP) is 5.11. The second kappa shape index (κ2) is 9.06. The van der Waals surface area contributed by atoms with Crippen LogP contribution in [0.1, 0.15) is 21.5 Å². The molecule has 0 aliphatic carbocycles. The Bertz CT molecular complexity index is 1250. The van der Waals surface area contributed by atoms with E-state index in [1.165, 1.54) is 0 Å². The molecule has 3 aromatic carbocycles. The van der Waals surface area contributed by atoms with Crippen LogP contribution in [0.2, 0.25) is 5.02 Å². The van der Waals surface area contributed by atoms with Crippen LogP contribution in [-0.2, 0) is 11.2 Å². The molecule has 31 heavy (non-hydrogen) atoms. The fraction of sp³-hybridized carbons (Fsp3) is 0.120. The fourth-order valence-corrected chi connectivity index (χ4v) is 3.78. The van der Waals surface area contributed by atoms with Gasteiger partial charge in [-0.15, -0.1) is 0 Å². The molecule has 1 unspecified atom stereocenters. The van der Waals surface area contributed by atoms with Crippen LogP contribution >= 0.6 is 11.6 Å². The number of amides is 2. The van der Waals surface area contributed by atoms with Gasteiger partial charge >= 0.3 is 0 Å². The number of aromatic nitrogens is 1. The molecule has 0 radical (unpaired) electrons. The molecule has 0 aliphatic heterocycles. The molecule has 156 valence electrons. The van der Waals surface area contributed by atoms with E-state index in [1.54, 1.807) is 24.3 Å². The number of carbonyl (C=O) groups excluding carboxylic acids is 2. The maximum absolute atomic E-state index is 13.2. The van der Waals surface area contributed by atoms with Crippen molar-refractivity contribution in [2.45, 2.75) is 19.4 Å². The van der Waals surface area contributed by atoms with Crippen molar-refractivity contribution in [3.05, 3.63) is 101 Å². The third kappa shape index (κ3) is 4.78. The maximum atomic E-state index is 13.2. The maximum Gasteiger partial charge on any atom is 0.253 e. The predicted molar refractivity (Wildman–Crippen MR) is 125 cm³/mol. The SMILES string of the molecule is Cc1cccc(NC(=O)C(Cc2c[nH]c3ccccc23)NC(=O)c2ccccc2Cl)c1. The molecule has 0 spiro atoms. The lowest BCUT2D eigenvalue weighted by molar-refractivity contribution is -0.118. The molecule has 0 saturated heterocycles. The highest BCUT2D eigenvalue weighted by Gasteiger charge is 2.24. The van der Waals surface area contributed by atoms with Gasteiger partial charge < -0.3 is 15.6 Å². The normalized spacial score (nSPS) is 11.8. The monoisotopic (exact) mass is 431 g/mol. The summed E-state index contributed by atoms with van der Waals surface area (Å²) >= 11 is 6.18. The molecule has 4 rings (SSSR count). The summed E-state index contributed by atoms with van der Waals surface area (Å²) in [5.74, 6) is -0.689. The van der Waals surface area contributed by atoms with Gasteiger partial charge in [0.1, 0.15) is 6.04 Å². The largest absolute Gasteiger partial charge is 0.361 e. The van der Waals surface area contributed by atoms with E-state index in [4.69, 9.17) is 11.6 Å². The summed E-state index contributed by atoms with van der Waals surface area (Å²) in [6.45, 7) is 1.96. The number of hydrogen-bond acceptors (Lipinski definition) is 2. The number of carbonyl (C=O) groups is 2. The Labute approximate surface area is 185 Å². The molecular formula is C25H22ClN3O2. The second-order valence-electron chi connectivity index (χ2n) is 7.43. The van der Waals surface area contributed by atoms with Gasteiger partial charge in [0.15, 0.2) is 0 Å². The Morgan fingerprint density at radius 1 is 1.00 bits per heavy atom. The van der Waals surface area contributed by atoms with Gasteiger partial charge in [-0.25, -0.2) is 0 Å². The fourth-order valence-electron chi connectivity index (χ4n) is 3.56. The molecule has 1 heterocycles. The van der Waals surface area contributed by atoms with E-state index < -0.39 is 11.9 Å². The van der Waals surface area contributed by atoms with Crippen LogP contribution in [0.15, 0.2) is 79.0 Å². The molecule has 0 bridgehead atoms. The van der Waals surface area contributed by atoms with Crippen molar-refractivity contribution >= 4 is 40.0 Å². The highest BCUT2D eigenvalue weighted by molar-refractivity contribution is 6.33. The highest BCUT2D eigenvalue weighted by atomic mass is 35.5. The summed E-state index contributed by atoms with van der Waals surface area (Å²) in [5, 5.41) is 7.13.